The van der Waals surface area contributed by atoms with E-state index in [1.54, 1.807) is 18.7 Å². The molecule has 0 aliphatic carbocycles. The smallest absolute Gasteiger partial charge is 0.221 e. The molecule has 2 atom stereocenters. The first-order valence-corrected chi connectivity index (χ1v) is 8.34. The lowest BCUT2D eigenvalue weighted by atomic mass is 10.3. The summed E-state index contributed by atoms with van der Waals surface area (Å²) in [5.41, 5.74) is 5.42. The Balaban J connectivity index is 4.49. The van der Waals surface area contributed by atoms with E-state index in [0.29, 0.717) is 6.42 Å². The highest BCUT2D eigenvalue weighted by atomic mass is 32.2. The molecule has 0 rings (SSSR count). The van der Waals surface area contributed by atoms with Crippen LogP contribution in [0.2, 0.25) is 0 Å². The zero-order valence-corrected chi connectivity index (χ0v) is 12.3. The number of hydrogen-bond acceptors (Lipinski definition) is 4. The Morgan fingerprint density at radius 3 is 2.44 bits per heavy atom. The van der Waals surface area contributed by atoms with Crippen LogP contribution in [-0.2, 0) is 10.0 Å². The van der Waals surface area contributed by atoms with Crippen molar-refractivity contribution >= 4 is 39.0 Å². The Hall–Kier alpha value is 0.150. The zero-order chi connectivity index (χ0) is 12.8. The van der Waals surface area contributed by atoms with Crippen molar-refractivity contribution in [1.29, 1.82) is 0 Å². The van der Waals surface area contributed by atoms with E-state index in [1.807, 2.05) is 13.8 Å². The fourth-order valence-electron chi connectivity index (χ4n) is 1.26. The normalized spacial score (nSPS) is 15.7. The first-order chi connectivity index (χ1) is 7.35. The first kappa shape index (κ1) is 16.1. The third-order valence-corrected chi connectivity index (χ3v) is 5.65. The molecule has 96 valence electrons. The van der Waals surface area contributed by atoms with E-state index in [4.69, 9.17) is 18.0 Å². The third-order valence-electron chi connectivity index (χ3n) is 2.00. The minimum atomic E-state index is -3.43. The van der Waals surface area contributed by atoms with Crippen molar-refractivity contribution < 1.29 is 8.42 Å². The Morgan fingerprint density at radius 2 is 2.06 bits per heavy atom. The second kappa shape index (κ2) is 7.47. The van der Waals surface area contributed by atoms with Crippen LogP contribution in [-0.4, -0.2) is 36.2 Å². The molecule has 16 heavy (non-hydrogen) atoms. The molecule has 0 aliphatic heterocycles. The van der Waals surface area contributed by atoms with Gasteiger partial charge in [-0.1, -0.05) is 26.1 Å². The van der Waals surface area contributed by atoms with Crippen LogP contribution in [0, 0.1) is 0 Å². The largest absolute Gasteiger partial charge is 0.392 e. The molecule has 7 heteroatoms. The van der Waals surface area contributed by atoms with Crippen molar-refractivity contribution in [2.45, 2.75) is 38.5 Å². The molecule has 0 amide bonds. The van der Waals surface area contributed by atoms with Crippen LogP contribution in [0.1, 0.15) is 27.2 Å². The molecule has 0 fully saturated rings. The van der Waals surface area contributed by atoms with E-state index in [-0.39, 0.29) is 11.0 Å². The van der Waals surface area contributed by atoms with Gasteiger partial charge >= 0.3 is 0 Å². The number of nitrogens with one attached hydrogen (secondary N) is 1. The number of thioether (sulfide) groups is 1. The lowest BCUT2D eigenvalue weighted by Gasteiger charge is -2.19. The van der Waals surface area contributed by atoms with Gasteiger partial charge in [-0.2, -0.15) is 11.8 Å². The van der Waals surface area contributed by atoms with Gasteiger partial charge < -0.3 is 5.73 Å². The molecule has 0 aromatic rings. The van der Waals surface area contributed by atoms with Gasteiger partial charge in [0.25, 0.3) is 0 Å². The molecular weight excluding hydrogens is 264 g/mol. The van der Waals surface area contributed by atoms with Gasteiger partial charge in [0.1, 0.15) is 5.25 Å². The quantitative estimate of drug-likeness (QED) is 0.653. The molecule has 3 N–H and O–H groups in total. The first-order valence-electron chi connectivity index (χ1n) is 5.23. The maximum Gasteiger partial charge on any atom is 0.221 e. The molecule has 0 bridgehead atoms. The van der Waals surface area contributed by atoms with Crippen molar-refractivity contribution in [3.05, 3.63) is 0 Å². The van der Waals surface area contributed by atoms with E-state index >= 15 is 0 Å². The molecule has 0 aromatic carbocycles. The van der Waals surface area contributed by atoms with E-state index in [9.17, 15) is 8.42 Å². The monoisotopic (exact) mass is 284 g/mol. The van der Waals surface area contributed by atoms with Gasteiger partial charge in [-0.25, -0.2) is 13.1 Å². The SMILES string of the molecule is CCSCC(C)NS(=O)(=O)C(CC)C(N)=S. The molecule has 0 saturated heterocycles. The molecular formula is C9H20N2O2S3. The van der Waals surface area contributed by atoms with Crippen molar-refractivity contribution in [2.24, 2.45) is 5.73 Å². The third kappa shape index (κ3) is 5.47. The summed E-state index contributed by atoms with van der Waals surface area (Å²) in [6.45, 7) is 5.64. The van der Waals surface area contributed by atoms with Crippen molar-refractivity contribution in [3.63, 3.8) is 0 Å². The van der Waals surface area contributed by atoms with Crippen LogP contribution >= 0.6 is 24.0 Å². The summed E-state index contributed by atoms with van der Waals surface area (Å²) in [7, 11) is -3.43. The summed E-state index contributed by atoms with van der Waals surface area (Å²) in [6.07, 6.45) is 0.401. The van der Waals surface area contributed by atoms with Crippen molar-refractivity contribution in [1.82, 2.24) is 4.72 Å². The lowest BCUT2D eigenvalue weighted by Crippen LogP contribution is -2.45. The number of thiocarbonyl (C=S) groups is 1. The molecule has 0 radical (unpaired) electrons. The standard InChI is InChI=1S/C9H20N2O2S3/c1-4-8(9(10)14)16(12,13)11-7(3)6-15-5-2/h7-8,11H,4-6H2,1-3H3,(H2,10,14). The molecule has 0 spiro atoms. The van der Waals surface area contributed by atoms with Crippen LogP contribution in [0.15, 0.2) is 0 Å². The summed E-state index contributed by atoms with van der Waals surface area (Å²) in [5, 5.41) is -0.767. The van der Waals surface area contributed by atoms with Crippen LogP contribution in [0.3, 0.4) is 0 Å². The topological polar surface area (TPSA) is 72.2 Å². The van der Waals surface area contributed by atoms with E-state index < -0.39 is 15.3 Å². The van der Waals surface area contributed by atoms with Gasteiger partial charge in [0.15, 0.2) is 0 Å². The minimum absolute atomic E-state index is 0.0327. The van der Waals surface area contributed by atoms with Gasteiger partial charge in [0.05, 0.1) is 4.99 Å². The van der Waals surface area contributed by atoms with Crippen LogP contribution in [0.5, 0.6) is 0 Å². The highest BCUT2D eigenvalue weighted by Crippen LogP contribution is 2.08. The van der Waals surface area contributed by atoms with Gasteiger partial charge in [0.2, 0.25) is 10.0 Å². The highest BCUT2D eigenvalue weighted by Gasteiger charge is 2.27. The average Bonchev–Trinajstić information content (AvgIpc) is 2.13. The Morgan fingerprint density at radius 1 is 1.50 bits per heavy atom. The lowest BCUT2D eigenvalue weighted by molar-refractivity contribution is 0.564. The summed E-state index contributed by atoms with van der Waals surface area (Å²) < 4.78 is 26.4. The number of nitrogens with two attached hydrogens (primary N) is 1. The maximum absolute atomic E-state index is 11.9. The van der Waals surface area contributed by atoms with Crippen molar-refractivity contribution in [3.8, 4) is 0 Å². The summed E-state index contributed by atoms with van der Waals surface area (Å²) >= 11 is 6.45. The minimum Gasteiger partial charge on any atom is -0.392 e. The fraction of sp³-hybridized carbons (Fsp3) is 0.889. The second-order valence-electron chi connectivity index (χ2n) is 3.52. The van der Waals surface area contributed by atoms with Crippen LogP contribution in [0.4, 0.5) is 0 Å². The summed E-state index contributed by atoms with van der Waals surface area (Å²) in [6, 6.07) is -0.0988. The molecule has 0 aromatic heterocycles. The van der Waals surface area contributed by atoms with Gasteiger partial charge in [-0.3, -0.25) is 0 Å². The number of sulfonamides is 1. The van der Waals surface area contributed by atoms with E-state index in [1.165, 1.54) is 0 Å². The van der Waals surface area contributed by atoms with E-state index in [2.05, 4.69) is 4.72 Å². The highest BCUT2D eigenvalue weighted by molar-refractivity contribution is 7.99. The molecule has 0 aliphatic rings. The molecule has 0 heterocycles. The summed E-state index contributed by atoms with van der Waals surface area (Å²) in [4.78, 5) is 0.0327. The van der Waals surface area contributed by atoms with Crippen LogP contribution in [0.25, 0.3) is 0 Å². The average molecular weight is 284 g/mol. The fourth-order valence-corrected chi connectivity index (χ4v) is 4.14. The Kier molecular flexibility index (Phi) is 7.54. The zero-order valence-electron chi connectivity index (χ0n) is 9.89. The Bertz CT molecular complexity index is 317. The van der Waals surface area contributed by atoms with E-state index in [0.717, 1.165) is 11.5 Å². The van der Waals surface area contributed by atoms with Gasteiger partial charge in [-0.15, -0.1) is 0 Å². The van der Waals surface area contributed by atoms with Crippen LogP contribution < -0.4 is 10.5 Å². The van der Waals surface area contributed by atoms with Gasteiger partial charge in [-0.05, 0) is 19.1 Å². The molecule has 4 nitrogen and oxygen atoms in total. The summed E-state index contributed by atoms with van der Waals surface area (Å²) in [5.74, 6) is 1.72. The predicted octanol–water partition coefficient (Wildman–Crippen LogP) is 1.11. The maximum atomic E-state index is 11.9. The second-order valence-corrected chi connectivity index (χ2v) is 7.21. The molecule has 2 unspecified atom stereocenters. The molecule has 0 saturated carbocycles. The predicted molar refractivity (Wildman–Crippen MR) is 75.4 cm³/mol. The van der Waals surface area contributed by atoms with Gasteiger partial charge in [0, 0.05) is 11.8 Å². The Labute approximate surface area is 108 Å². The number of rotatable bonds is 8. The van der Waals surface area contributed by atoms with Crippen molar-refractivity contribution in [2.75, 3.05) is 11.5 Å². The number of hydrogen-bond donors (Lipinski definition) is 2.